The lowest BCUT2D eigenvalue weighted by atomic mass is 10.1. The van der Waals surface area contributed by atoms with Gasteiger partial charge in [0, 0.05) is 17.8 Å². The summed E-state index contributed by atoms with van der Waals surface area (Å²) in [6.07, 6.45) is 5.13. The number of rotatable bonds is 1. The molecule has 0 unspecified atom stereocenters. The Balaban J connectivity index is 1.76. The number of carbonyl (C=O) groups is 1. The number of fused-ring (bicyclic) bond motifs is 1. The van der Waals surface area contributed by atoms with Crippen molar-refractivity contribution in [2.75, 3.05) is 11.4 Å². The number of hydrogen-bond acceptors (Lipinski definition) is 4. The molecule has 1 spiro atoms. The van der Waals surface area contributed by atoms with Crippen LogP contribution in [0, 0.1) is 0 Å². The minimum Gasteiger partial charge on any atom is -0.505 e. The van der Waals surface area contributed by atoms with E-state index in [0.717, 1.165) is 12.8 Å². The number of benzene rings is 1. The van der Waals surface area contributed by atoms with Crippen molar-refractivity contribution in [1.29, 1.82) is 0 Å². The summed E-state index contributed by atoms with van der Waals surface area (Å²) in [6.45, 7) is 0.487. The molecule has 7 heteroatoms. The molecule has 1 N–H and O–H groups in total. The highest BCUT2D eigenvalue weighted by atomic mass is 79.9. The first-order valence-electron chi connectivity index (χ1n) is 7.12. The van der Waals surface area contributed by atoms with Gasteiger partial charge in [-0.25, -0.2) is 0 Å². The van der Waals surface area contributed by atoms with Crippen LogP contribution in [-0.2, 0) is 0 Å². The van der Waals surface area contributed by atoms with Crippen LogP contribution in [0.5, 0.6) is 11.5 Å². The Bertz CT molecular complexity index is 800. The van der Waals surface area contributed by atoms with Crippen LogP contribution in [0.25, 0.3) is 0 Å². The third-order valence-corrected chi connectivity index (χ3v) is 5.03. The number of pyridine rings is 1. The van der Waals surface area contributed by atoms with E-state index in [-0.39, 0.29) is 22.3 Å². The Hall–Kier alpha value is -1.79. The lowest BCUT2D eigenvalue weighted by molar-refractivity contribution is 0.0943. The predicted molar refractivity (Wildman–Crippen MR) is 89.3 cm³/mol. The van der Waals surface area contributed by atoms with Gasteiger partial charge in [0.25, 0.3) is 5.91 Å². The van der Waals surface area contributed by atoms with E-state index in [0.29, 0.717) is 28.0 Å². The summed E-state index contributed by atoms with van der Waals surface area (Å²) >= 11 is 9.20. The maximum atomic E-state index is 13.0. The Labute approximate surface area is 146 Å². The number of ether oxygens (including phenoxy) is 1. The Morgan fingerprint density at radius 2 is 2.22 bits per heavy atom. The molecule has 0 atom stereocenters. The van der Waals surface area contributed by atoms with Crippen molar-refractivity contribution in [1.82, 2.24) is 4.98 Å². The van der Waals surface area contributed by atoms with Crippen LogP contribution in [0.4, 0.5) is 5.69 Å². The average molecular weight is 396 g/mol. The number of phenolic OH excluding ortho intramolecular Hbond substituents is 1. The van der Waals surface area contributed by atoms with Crippen LogP contribution < -0.4 is 9.64 Å². The van der Waals surface area contributed by atoms with Crippen molar-refractivity contribution in [3.8, 4) is 11.5 Å². The minimum atomic E-state index is -0.276. The third kappa shape index (κ3) is 2.46. The number of amides is 1. The van der Waals surface area contributed by atoms with Gasteiger partial charge in [-0.05, 0) is 40.9 Å². The molecular formula is C16H12BrClN2O3. The number of anilines is 1. The fourth-order valence-corrected chi connectivity index (χ4v) is 3.52. The molecule has 1 amide bonds. The molecule has 1 fully saturated rings. The first-order chi connectivity index (χ1) is 11.0. The molecule has 1 aliphatic heterocycles. The van der Waals surface area contributed by atoms with E-state index in [2.05, 4.69) is 20.9 Å². The van der Waals surface area contributed by atoms with Crippen molar-refractivity contribution in [2.45, 2.75) is 18.4 Å². The average Bonchev–Trinajstić information content (AvgIpc) is 3.29. The quantitative estimate of drug-likeness (QED) is 0.798. The number of hydrogen-bond donors (Lipinski definition) is 1. The van der Waals surface area contributed by atoms with Crippen LogP contribution >= 0.6 is 27.5 Å². The molecule has 1 aromatic heterocycles. The number of nitrogens with zero attached hydrogens (tertiary/aromatic N) is 2. The standard InChI is InChI=1S/C16H12BrClN2O3/c17-10-5-9(6-11(18)14(10)21)15(22)20-8-16(2-3-16)23-13-1-4-19-7-12(13)20/h1,4-7,21H,2-3,8H2. The summed E-state index contributed by atoms with van der Waals surface area (Å²) in [5, 5.41) is 9.87. The normalized spacial score (nSPS) is 17.6. The number of halogens is 2. The smallest absolute Gasteiger partial charge is 0.258 e. The highest BCUT2D eigenvalue weighted by Crippen LogP contribution is 2.48. The molecule has 1 aromatic carbocycles. The van der Waals surface area contributed by atoms with Crippen LogP contribution in [0.1, 0.15) is 23.2 Å². The Kier molecular flexibility index (Phi) is 3.28. The van der Waals surface area contributed by atoms with E-state index in [1.807, 2.05) is 0 Å². The van der Waals surface area contributed by atoms with Crippen molar-refractivity contribution in [3.63, 3.8) is 0 Å². The molecule has 0 bridgehead atoms. The van der Waals surface area contributed by atoms with Crippen molar-refractivity contribution in [2.24, 2.45) is 0 Å². The van der Waals surface area contributed by atoms with E-state index in [1.54, 1.807) is 29.4 Å². The van der Waals surface area contributed by atoms with Crippen molar-refractivity contribution >= 4 is 39.1 Å². The highest BCUT2D eigenvalue weighted by molar-refractivity contribution is 9.10. The van der Waals surface area contributed by atoms with Gasteiger partial charge in [-0.3, -0.25) is 14.7 Å². The number of phenols is 1. The monoisotopic (exact) mass is 394 g/mol. The van der Waals surface area contributed by atoms with Gasteiger partial charge >= 0.3 is 0 Å². The van der Waals surface area contributed by atoms with Crippen molar-refractivity contribution in [3.05, 3.63) is 45.7 Å². The molecule has 4 rings (SSSR count). The minimum absolute atomic E-state index is 0.0778. The maximum absolute atomic E-state index is 13.0. The summed E-state index contributed by atoms with van der Waals surface area (Å²) in [4.78, 5) is 18.7. The largest absolute Gasteiger partial charge is 0.505 e. The third-order valence-electron chi connectivity index (χ3n) is 4.14. The molecule has 1 aliphatic carbocycles. The van der Waals surface area contributed by atoms with Crippen LogP contribution in [0.15, 0.2) is 35.1 Å². The van der Waals surface area contributed by atoms with Crippen LogP contribution in [-0.4, -0.2) is 28.1 Å². The van der Waals surface area contributed by atoms with Crippen LogP contribution in [0.3, 0.4) is 0 Å². The Morgan fingerprint density at radius 3 is 2.91 bits per heavy atom. The lowest BCUT2D eigenvalue weighted by Crippen LogP contribution is -2.45. The first kappa shape index (κ1) is 14.8. The van der Waals surface area contributed by atoms with Gasteiger partial charge in [-0.15, -0.1) is 0 Å². The molecule has 0 radical (unpaired) electrons. The van der Waals surface area contributed by atoms with Gasteiger partial charge in [0.15, 0.2) is 0 Å². The number of carbonyl (C=O) groups excluding carboxylic acids is 1. The molecule has 2 aromatic rings. The number of aromatic nitrogens is 1. The van der Waals surface area contributed by atoms with Gasteiger partial charge in [-0.1, -0.05) is 11.6 Å². The maximum Gasteiger partial charge on any atom is 0.258 e. The summed E-state index contributed by atoms with van der Waals surface area (Å²) in [5.41, 5.74) is 0.768. The summed E-state index contributed by atoms with van der Waals surface area (Å²) in [5.74, 6) is 0.392. The topological polar surface area (TPSA) is 62.7 Å². The predicted octanol–water partition coefficient (Wildman–Crippen LogP) is 3.77. The molecule has 23 heavy (non-hydrogen) atoms. The zero-order valence-corrected chi connectivity index (χ0v) is 14.3. The zero-order valence-electron chi connectivity index (χ0n) is 11.9. The van der Waals surface area contributed by atoms with Gasteiger partial charge in [0.1, 0.15) is 22.8 Å². The summed E-state index contributed by atoms with van der Waals surface area (Å²) in [7, 11) is 0. The van der Waals surface area contributed by atoms with Crippen molar-refractivity contribution < 1.29 is 14.6 Å². The lowest BCUT2D eigenvalue weighted by Gasteiger charge is -2.35. The highest BCUT2D eigenvalue weighted by Gasteiger charge is 2.51. The second kappa shape index (κ2) is 5.11. The van der Waals surface area contributed by atoms with Gasteiger partial charge < -0.3 is 9.84 Å². The summed E-state index contributed by atoms with van der Waals surface area (Å²) < 4.78 is 6.39. The first-order valence-corrected chi connectivity index (χ1v) is 8.29. The fourth-order valence-electron chi connectivity index (χ4n) is 2.73. The van der Waals surface area contributed by atoms with E-state index in [9.17, 15) is 9.90 Å². The van der Waals surface area contributed by atoms with Crippen LogP contribution in [0.2, 0.25) is 5.02 Å². The molecular weight excluding hydrogens is 384 g/mol. The van der Waals surface area contributed by atoms with Gasteiger partial charge in [0.2, 0.25) is 0 Å². The Morgan fingerprint density at radius 1 is 1.43 bits per heavy atom. The molecule has 2 aliphatic rings. The SMILES string of the molecule is O=C(c1cc(Cl)c(O)c(Br)c1)N1CC2(CC2)Oc2ccncc21. The van der Waals surface area contributed by atoms with Gasteiger partial charge in [-0.2, -0.15) is 0 Å². The van der Waals surface area contributed by atoms with E-state index in [1.165, 1.54) is 6.07 Å². The molecule has 2 heterocycles. The second-order valence-electron chi connectivity index (χ2n) is 5.81. The fraction of sp³-hybridized carbons (Fsp3) is 0.250. The summed E-state index contributed by atoms with van der Waals surface area (Å²) in [6, 6.07) is 4.80. The zero-order chi connectivity index (χ0) is 16.2. The number of aromatic hydroxyl groups is 1. The van der Waals surface area contributed by atoms with E-state index >= 15 is 0 Å². The molecule has 5 nitrogen and oxygen atoms in total. The van der Waals surface area contributed by atoms with E-state index < -0.39 is 0 Å². The van der Waals surface area contributed by atoms with Gasteiger partial charge in [0.05, 0.1) is 22.2 Å². The molecule has 0 saturated heterocycles. The molecule has 118 valence electrons. The second-order valence-corrected chi connectivity index (χ2v) is 7.07. The van der Waals surface area contributed by atoms with E-state index in [4.69, 9.17) is 16.3 Å². The molecule has 1 saturated carbocycles.